The molecule has 2 saturated heterocycles. The molecule has 6 heteroatoms. The molecule has 0 amide bonds. The largest absolute Gasteiger partial charge is 0.314 e. The van der Waals surface area contributed by atoms with Gasteiger partial charge >= 0.3 is 0 Å². The van der Waals surface area contributed by atoms with E-state index in [0.717, 1.165) is 32.5 Å². The van der Waals surface area contributed by atoms with E-state index < -0.39 is 10.0 Å². The second kappa shape index (κ2) is 5.22. The molecule has 0 aromatic rings. The number of nitrogens with one attached hydrogen (secondary N) is 1. The van der Waals surface area contributed by atoms with Gasteiger partial charge in [-0.2, -0.15) is 4.31 Å². The third-order valence-corrected chi connectivity index (χ3v) is 6.19. The highest BCUT2D eigenvalue weighted by atomic mass is 32.2. The third kappa shape index (κ3) is 2.81. The summed E-state index contributed by atoms with van der Waals surface area (Å²) in [5.41, 5.74) is 0. The molecule has 0 saturated carbocycles. The van der Waals surface area contributed by atoms with Crippen molar-refractivity contribution in [2.75, 3.05) is 39.8 Å². The van der Waals surface area contributed by atoms with Gasteiger partial charge < -0.3 is 10.2 Å². The molecule has 5 nitrogen and oxygen atoms in total. The lowest BCUT2D eigenvalue weighted by Gasteiger charge is -2.36. The lowest BCUT2D eigenvalue weighted by Crippen LogP contribution is -2.49. The summed E-state index contributed by atoms with van der Waals surface area (Å²) in [7, 11) is -1.01. The average Bonchev–Trinajstić information content (AvgIpc) is 2.41. The topological polar surface area (TPSA) is 52.6 Å². The number of likely N-dealkylation sites (tertiary alicyclic amines) is 1. The molecule has 0 aliphatic carbocycles. The van der Waals surface area contributed by atoms with Gasteiger partial charge in [-0.1, -0.05) is 0 Å². The monoisotopic (exact) mass is 261 g/mol. The Kier molecular flexibility index (Phi) is 4.07. The molecule has 0 radical (unpaired) electrons. The number of nitrogens with zero attached hydrogens (tertiary/aromatic N) is 2. The molecule has 2 heterocycles. The minimum absolute atomic E-state index is 0.207. The fraction of sp³-hybridized carbons (Fsp3) is 1.00. The Balaban J connectivity index is 2.12. The minimum atomic E-state index is -3.10. The van der Waals surface area contributed by atoms with Crippen molar-refractivity contribution >= 4 is 10.0 Å². The Morgan fingerprint density at radius 1 is 1.18 bits per heavy atom. The van der Waals surface area contributed by atoms with E-state index in [1.54, 1.807) is 11.2 Å². The molecule has 0 bridgehead atoms. The van der Waals surface area contributed by atoms with E-state index in [-0.39, 0.29) is 11.3 Å². The lowest BCUT2D eigenvalue weighted by atomic mass is 10.1. The zero-order valence-electron chi connectivity index (χ0n) is 10.7. The zero-order valence-corrected chi connectivity index (χ0v) is 11.5. The first kappa shape index (κ1) is 13.3. The van der Waals surface area contributed by atoms with Crippen LogP contribution in [-0.2, 0) is 10.0 Å². The molecule has 2 aliphatic heterocycles. The van der Waals surface area contributed by atoms with Crippen molar-refractivity contribution in [3.8, 4) is 0 Å². The Morgan fingerprint density at radius 3 is 2.47 bits per heavy atom. The summed E-state index contributed by atoms with van der Waals surface area (Å²) < 4.78 is 26.5. The Morgan fingerprint density at radius 2 is 1.82 bits per heavy atom. The van der Waals surface area contributed by atoms with E-state index in [9.17, 15) is 8.42 Å². The van der Waals surface area contributed by atoms with Crippen molar-refractivity contribution in [1.82, 2.24) is 14.5 Å². The standard InChI is InChI=1S/C11H23N3O2S/c1-10-9-12-5-8-14(17(10,15)16)11-3-6-13(2)7-4-11/h10-12H,3-9H2,1-2H3. The Hall–Kier alpha value is -0.170. The van der Waals surface area contributed by atoms with E-state index in [2.05, 4.69) is 17.3 Å². The van der Waals surface area contributed by atoms with Crippen LogP contribution < -0.4 is 5.32 Å². The van der Waals surface area contributed by atoms with E-state index in [0.29, 0.717) is 13.1 Å². The van der Waals surface area contributed by atoms with Crippen LogP contribution in [0.5, 0.6) is 0 Å². The van der Waals surface area contributed by atoms with Crippen molar-refractivity contribution in [3.05, 3.63) is 0 Å². The minimum Gasteiger partial charge on any atom is -0.314 e. The maximum Gasteiger partial charge on any atom is 0.218 e. The summed E-state index contributed by atoms with van der Waals surface area (Å²) in [5, 5.41) is 2.90. The highest BCUT2D eigenvalue weighted by Gasteiger charge is 2.36. The molecule has 17 heavy (non-hydrogen) atoms. The maximum absolute atomic E-state index is 12.4. The van der Waals surface area contributed by atoms with Crippen molar-refractivity contribution in [2.45, 2.75) is 31.1 Å². The number of sulfonamides is 1. The molecule has 1 unspecified atom stereocenters. The molecule has 2 fully saturated rings. The van der Waals surface area contributed by atoms with Crippen LogP contribution >= 0.6 is 0 Å². The number of hydrogen-bond acceptors (Lipinski definition) is 4. The van der Waals surface area contributed by atoms with Crippen molar-refractivity contribution < 1.29 is 8.42 Å². The Labute approximate surface area is 104 Å². The molecule has 0 aromatic heterocycles. The van der Waals surface area contributed by atoms with E-state index in [4.69, 9.17) is 0 Å². The van der Waals surface area contributed by atoms with Gasteiger partial charge in [0.25, 0.3) is 0 Å². The molecular weight excluding hydrogens is 238 g/mol. The highest BCUT2D eigenvalue weighted by Crippen LogP contribution is 2.22. The van der Waals surface area contributed by atoms with Gasteiger partial charge in [0.15, 0.2) is 0 Å². The molecule has 2 rings (SSSR count). The normalized spacial score (nSPS) is 33.4. The summed E-state index contributed by atoms with van der Waals surface area (Å²) in [6.45, 7) is 5.77. The van der Waals surface area contributed by atoms with Crippen molar-refractivity contribution in [3.63, 3.8) is 0 Å². The van der Waals surface area contributed by atoms with Gasteiger partial charge in [0, 0.05) is 25.7 Å². The molecule has 1 N–H and O–H groups in total. The number of rotatable bonds is 1. The van der Waals surface area contributed by atoms with Crippen LogP contribution in [0.25, 0.3) is 0 Å². The molecule has 2 aliphatic rings. The fourth-order valence-electron chi connectivity index (χ4n) is 2.63. The van der Waals surface area contributed by atoms with Crippen molar-refractivity contribution in [1.29, 1.82) is 0 Å². The quantitative estimate of drug-likeness (QED) is 0.704. The summed E-state index contributed by atoms with van der Waals surface area (Å²) in [6, 6.07) is 0.207. The first-order valence-corrected chi connectivity index (χ1v) is 7.92. The predicted octanol–water partition coefficient (Wildman–Crippen LogP) is -0.296. The highest BCUT2D eigenvalue weighted by molar-refractivity contribution is 7.89. The third-order valence-electron chi connectivity index (χ3n) is 3.87. The van der Waals surface area contributed by atoms with Crippen molar-refractivity contribution in [2.24, 2.45) is 0 Å². The predicted molar refractivity (Wildman–Crippen MR) is 68.5 cm³/mol. The van der Waals surface area contributed by atoms with Gasteiger partial charge in [-0.05, 0) is 39.9 Å². The van der Waals surface area contributed by atoms with Gasteiger partial charge in [-0.3, -0.25) is 0 Å². The average molecular weight is 261 g/mol. The maximum atomic E-state index is 12.4. The van der Waals surface area contributed by atoms with Crippen LogP contribution in [-0.4, -0.2) is 68.7 Å². The SMILES string of the molecule is CC1CNCCN(C2CCN(C)CC2)S1(=O)=O. The van der Waals surface area contributed by atoms with Crippen LogP contribution in [0.2, 0.25) is 0 Å². The summed E-state index contributed by atoms with van der Waals surface area (Å²) in [5.74, 6) is 0. The number of piperidine rings is 1. The fourth-order valence-corrected chi connectivity index (χ4v) is 4.39. The number of hydrogen-bond donors (Lipinski definition) is 1. The molecule has 0 spiro atoms. The van der Waals surface area contributed by atoms with Gasteiger partial charge in [0.2, 0.25) is 10.0 Å². The smallest absolute Gasteiger partial charge is 0.218 e. The van der Waals surface area contributed by atoms with Crippen LogP contribution in [0.15, 0.2) is 0 Å². The zero-order chi connectivity index (χ0) is 12.5. The van der Waals surface area contributed by atoms with Crippen LogP contribution in [0.3, 0.4) is 0 Å². The van der Waals surface area contributed by atoms with Gasteiger partial charge in [0.1, 0.15) is 0 Å². The van der Waals surface area contributed by atoms with Gasteiger partial charge in [-0.15, -0.1) is 0 Å². The Bertz CT molecular complexity index is 350. The van der Waals surface area contributed by atoms with E-state index in [1.165, 1.54) is 0 Å². The summed E-state index contributed by atoms with van der Waals surface area (Å²) >= 11 is 0. The molecule has 0 aromatic carbocycles. The molecule has 100 valence electrons. The first-order valence-electron chi connectivity index (χ1n) is 6.41. The van der Waals surface area contributed by atoms with E-state index in [1.807, 2.05) is 0 Å². The first-order chi connectivity index (χ1) is 8.01. The molecular formula is C11H23N3O2S. The van der Waals surface area contributed by atoms with Crippen LogP contribution in [0.4, 0.5) is 0 Å². The van der Waals surface area contributed by atoms with Crippen LogP contribution in [0.1, 0.15) is 19.8 Å². The summed E-state index contributed by atoms with van der Waals surface area (Å²) in [6.07, 6.45) is 1.92. The molecule has 1 atom stereocenters. The second-order valence-corrected chi connectivity index (χ2v) is 7.51. The lowest BCUT2D eigenvalue weighted by molar-refractivity contribution is 0.184. The van der Waals surface area contributed by atoms with Gasteiger partial charge in [-0.25, -0.2) is 8.42 Å². The van der Waals surface area contributed by atoms with Gasteiger partial charge in [0.05, 0.1) is 5.25 Å². The summed E-state index contributed by atoms with van der Waals surface area (Å²) in [4.78, 5) is 2.27. The second-order valence-electron chi connectivity index (χ2n) is 5.20. The van der Waals surface area contributed by atoms with Crippen LogP contribution in [0, 0.1) is 0 Å². The van der Waals surface area contributed by atoms with E-state index >= 15 is 0 Å².